The van der Waals surface area contributed by atoms with Crippen LogP contribution in [0.3, 0.4) is 0 Å². The number of nitrogens with zero attached hydrogens (tertiary/aromatic N) is 1. The van der Waals surface area contributed by atoms with Crippen LogP contribution in [0, 0.1) is 23.7 Å². The van der Waals surface area contributed by atoms with Crippen LogP contribution >= 0.6 is 0 Å². The molecule has 6 nitrogen and oxygen atoms in total. The lowest BCUT2D eigenvalue weighted by molar-refractivity contribution is -0.116. The van der Waals surface area contributed by atoms with Gasteiger partial charge in [0.25, 0.3) is 0 Å². The fourth-order valence-corrected chi connectivity index (χ4v) is 4.91. The summed E-state index contributed by atoms with van der Waals surface area (Å²) in [6.45, 7) is 1.29. The van der Waals surface area contributed by atoms with E-state index < -0.39 is 12.7 Å². The summed E-state index contributed by atoms with van der Waals surface area (Å²) >= 11 is 0. The molecule has 0 aromatic carbocycles. The van der Waals surface area contributed by atoms with Crippen LogP contribution in [0.15, 0.2) is 12.7 Å². The largest absolute Gasteiger partial charge is 0.352 e. The van der Waals surface area contributed by atoms with Crippen molar-refractivity contribution in [3.8, 4) is 0 Å². The number of rotatable bonds is 6. The van der Waals surface area contributed by atoms with Gasteiger partial charge in [-0.05, 0) is 74.7 Å². The molecule has 3 rings (SSSR count). The first-order valence-corrected chi connectivity index (χ1v) is 9.87. The molecule has 3 fully saturated rings. The smallest absolute Gasteiger partial charge is 0.320 e. The first-order chi connectivity index (χ1) is 13.0. The maximum absolute atomic E-state index is 13.5. The van der Waals surface area contributed by atoms with Gasteiger partial charge in [-0.2, -0.15) is 14.3 Å². The third-order valence-corrected chi connectivity index (χ3v) is 6.42. The predicted octanol–water partition coefficient (Wildman–Crippen LogP) is 2.23. The molecule has 0 radical (unpaired) electrons. The first-order valence-electron chi connectivity index (χ1n) is 9.87. The molecule has 4 N–H and O–H groups in total. The van der Waals surface area contributed by atoms with Crippen molar-refractivity contribution in [3.05, 3.63) is 12.7 Å². The standard InChI is InChI=1S/C18H30F3N5O/c1-2-16(27)22-10-13-4-3-12(11-5-7-14(19)8-6-11)9-15(13)17-23-25-26(24-17)18(20)21/h2,11-15,17-18,23-25H,1,3-10H2,(H,22,27). The van der Waals surface area contributed by atoms with E-state index in [1.165, 1.54) is 6.08 Å². The summed E-state index contributed by atoms with van der Waals surface area (Å²) in [6.07, 6.45) is 6.11. The number of amides is 1. The van der Waals surface area contributed by atoms with Crippen LogP contribution in [0.2, 0.25) is 0 Å². The van der Waals surface area contributed by atoms with Crippen molar-refractivity contribution in [3.63, 3.8) is 0 Å². The summed E-state index contributed by atoms with van der Waals surface area (Å²) in [6, 6.07) is 0. The molecule has 9 heteroatoms. The molecule has 2 aliphatic carbocycles. The Morgan fingerprint density at radius 3 is 2.52 bits per heavy atom. The molecule has 154 valence electrons. The Labute approximate surface area is 158 Å². The van der Waals surface area contributed by atoms with Crippen molar-refractivity contribution in [2.75, 3.05) is 6.54 Å². The Hall–Kier alpha value is -1.16. The van der Waals surface area contributed by atoms with E-state index in [1.807, 2.05) is 0 Å². The summed E-state index contributed by atoms with van der Waals surface area (Å²) in [7, 11) is 0. The minimum absolute atomic E-state index is 0.0771. The molecule has 1 heterocycles. The second kappa shape index (κ2) is 9.36. The summed E-state index contributed by atoms with van der Waals surface area (Å²) < 4.78 is 39.4. The van der Waals surface area contributed by atoms with Crippen molar-refractivity contribution in [1.82, 2.24) is 26.8 Å². The van der Waals surface area contributed by atoms with Crippen LogP contribution in [0.25, 0.3) is 0 Å². The SMILES string of the molecule is C=CC(=O)NCC1CCC(C2CCC(F)CC2)CC1C1NNN(C(F)F)N1. The monoisotopic (exact) mass is 389 g/mol. The zero-order valence-electron chi connectivity index (χ0n) is 15.5. The van der Waals surface area contributed by atoms with Crippen LogP contribution in [-0.4, -0.2) is 36.5 Å². The molecule has 0 aromatic heterocycles. The molecule has 1 aliphatic heterocycles. The highest BCUT2D eigenvalue weighted by Gasteiger charge is 2.42. The van der Waals surface area contributed by atoms with Gasteiger partial charge in [0.05, 0.1) is 6.17 Å². The van der Waals surface area contributed by atoms with Gasteiger partial charge in [0.1, 0.15) is 6.17 Å². The van der Waals surface area contributed by atoms with Crippen LogP contribution in [-0.2, 0) is 4.79 Å². The van der Waals surface area contributed by atoms with Crippen LogP contribution < -0.4 is 21.7 Å². The maximum atomic E-state index is 13.5. The van der Waals surface area contributed by atoms with E-state index in [2.05, 4.69) is 28.3 Å². The Balaban J connectivity index is 1.64. The van der Waals surface area contributed by atoms with E-state index in [9.17, 15) is 18.0 Å². The molecule has 0 spiro atoms. The number of nitrogens with one attached hydrogen (secondary N) is 4. The number of halogens is 3. The van der Waals surface area contributed by atoms with Crippen LogP contribution in [0.5, 0.6) is 0 Å². The topological polar surface area (TPSA) is 68.4 Å². The normalized spacial score (nSPS) is 38.1. The Bertz CT molecular complexity index is 515. The van der Waals surface area contributed by atoms with Gasteiger partial charge in [-0.1, -0.05) is 6.58 Å². The van der Waals surface area contributed by atoms with Crippen molar-refractivity contribution in [1.29, 1.82) is 0 Å². The fourth-order valence-electron chi connectivity index (χ4n) is 4.91. The third-order valence-electron chi connectivity index (χ3n) is 6.42. The minimum atomic E-state index is -2.67. The van der Waals surface area contributed by atoms with E-state index in [4.69, 9.17) is 0 Å². The van der Waals surface area contributed by atoms with Crippen molar-refractivity contribution >= 4 is 5.91 Å². The molecule has 1 amide bonds. The summed E-state index contributed by atoms with van der Waals surface area (Å²) in [5.41, 5.74) is 8.17. The lowest BCUT2D eigenvalue weighted by Crippen LogP contribution is -2.50. The quantitative estimate of drug-likeness (QED) is 0.414. The zero-order valence-corrected chi connectivity index (χ0v) is 15.5. The van der Waals surface area contributed by atoms with Gasteiger partial charge in [0.2, 0.25) is 5.91 Å². The molecule has 0 aromatic rings. The van der Waals surface area contributed by atoms with Gasteiger partial charge < -0.3 is 5.32 Å². The molecule has 4 atom stereocenters. The number of hydrogen-bond acceptors (Lipinski definition) is 5. The van der Waals surface area contributed by atoms with E-state index in [1.54, 1.807) is 0 Å². The highest BCUT2D eigenvalue weighted by atomic mass is 19.3. The van der Waals surface area contributed by atoms with Crippen molar-refractivity contribution in [2.45, 2.75) is 63.8 Å². The lowest BCUT2D eigenvalue weighted by atomic mass is 9.66. The van der Waals surface area contributed by atoms with E-state index in [-0.39, 0.29) is 23.9 Å². The summed E-state index contributed by atoms with van der Waals surface area (Å²) in [4.78, 5) is 11.6. The van der Waals surface area contributed by atoms with Gasteiger partial charge in [0.15, 0.2) is 0 Å². The van der Waals surface area contributed by atoms with Crippen LogP contribution in [0.4, 0.5) is 13.2 Å². The molecule has 27 heavy (non-hydrogen) atoms. The van der Waals surface area contributed by atoms with E-state index in [0.29, 0.717) is 36.3 Å². The predicted molar refractivity (Wildman–Crippen MR) is 95.4 cm³/mol. The molecule has 3 aliphatic rings. The molecular formula is C18H30F3N5O. The van der Waals surface area contributed by atoms with Gasteiger partial charge >= 0.3 is 6.55 Å². The lowest BCUT2D eigenvalue weighted by Gasteiger charge is -2.43. The van der Waals surface area contributed by atoms with Gasteiger partial charge in [-0.25, -0.2) is 15.2 Å². The average molecular weight is 389 g/mol. The van der Waals surface area contributed by atoms with Gasteiger partial charge in [-0.3, -0.25) is 4.79 Å². The Kier molecular flexibility index (Phi) is 7.13. The number of alkyl halides is 3. The van der Waals surface area contributed by atoms with Crippen LogP contribution in [0.1, 0.15) is 44.9 Å². The maximum Gasteiger partial charge on any atom is 0.320 e. The summed E-state index contributed by atoms with van der Waals surface area (Å²) in [5, 5.41) is 3.51. The molecule has 4 unspecified atom stereocenters. The summed E-state index contributed by atoms with van der Waals surface area (Å²) in [5.74, 6) is 0.999. The molecule has 2 saturated carbocycles. The third kappa shape index (κ3) is 5.22. The zero-order chi connectivity index (χ0) is 19.4. The molecule has 1 saturated heterocycles. The first kappa shape index (κ1) is 20.6. The van der Waals surface area contributed by atoms with Gasteiger partial charge in [0, 0.05) is 6.54 Å². The second-order valence-corrected chi connectivity index (χ2v) is 7.97. The Morgan fingerprint density at radius 2 is 1.89 bits per heavy atom. The number of carbonyl (C=O) groups is 1. The average Bonchev–Trinajstić information content (AvgIpc) is 3.17. The highest BCUT2D eigenvalue weighted by molar-refractivity contribution is 5.86. The fraction of sp³-hybridized carbons (Fsp3) is 0.833. The van der Waals surface area contributed by atoms with E-state index in [0.717, 1.165) is 32.1 Å². The second-order valence-electron chi connectivity index (χ2n) is 7.97. The minimum Gasteiger partial charge on any atom is -0.352 e. The van der Waals surface area contributed by atoms with Crippen molar-refractivity contribution in [2.24, 2.45) is 23.7 Å². The molecule has 0 bridgehead atoms. The Morgan fingerprint density at radius 1 is 1.19 bits per heavy atom. The van der Waals surface area contributed by atoms with Gasteiger partial charge in [-0.15, -0.1) is 5.12 Å². The van der Waals surface area contributed by atoms with E-state index >= 15 is 0 Å². The molecular weight excluding hydrogens is 359 g/mol. The highest BCUT2D eigenvalue weighted by Crippen LogP contribution is 2.43. The number of hydrogen-bond donors (Lipinski definition) is 4. The number of carbonyl (C=O) groups excluding carboxylic acids is 1. The number of hydrazine groups is 3. The van der Waals surface area contributed by atoms with Crippen molar-refractivity contribution < 1.29 is 18.0 Å².